The van der Waals surface area contributed by atoms with E-state index in [2.05, 4.69) is 10.3 Å². The van der Waals surface area contributed by atoms with E-state index < -0.39 is 11.5 Å². The van der Waals surface area contributed by atoms with Crippen molar-refractivity contribution in [3.63, 3.8) is 0 Å². The molecule has 0 unspecified atom stereocenters. The third-order valence-electron chi connectivity index (χ3n) is 4.62. The van der Waals surface area contributed by atoms with Crippen LogP contribution in [0.3, 0.4) is 0 Å². The van der Waals surface area contributed by atoms with Crippen molar-refractivity contribution in [2.75, 3.05) is 5.32 Å². The molecule has 0 saturated carbocycles. The molecule has 0 bridgehead atoms. The van der Waals surface area contributed by atoms with Gasteiger partial charge in [0.2, 0.25) is 5.88 Å². The first-order chi connectivity index (χ1) is 16.4. The fourth-order valence-corrected chi connectivity index (χ4v) is 3.45. The smallest absolute Gasteiger partial charge is 0.269 e. The molecular weight excluding hydrogens is 499 g/mol. The lowest BCUT2D eigenvalue weighted by Gasteiger charge is -2.11. The molecule has 0 aliphatic rings. The van der Waals surface area contributed by atoms with Crippen molar-refractivity contribution in [3.8, 4) is 17.7 Å². The number of hydrogen-bond acceptors (Lipinski definition) is 5. The molecule has 34 heavy (non-hydrogen) atoms. The second-order valence-corrected chi connectivity index (χ2v) is 8.07. The summed E-state index contributed by atoms with van der Waals surface area (Å²) in [4.78, 5) is 30.4. The van der Waals surface area contributed by atoms with Gasteiger partial charge in [-0.3, -0.25) is 14.0 Å². The minimum Gasteiger partial charge on any atom is -0.438 e. The molecule has 2 aromatic heterocycles. The van der Waals surface area contributed by atoms with Gasteiger partial charge in [-0.2, -0.15) is 10.2 Å². The Morgan fingerprint density at radius 3 is 2.56 bits per heavy atom. The molecule has 7 nitrogen and oxygen atoms in total. The van der Waals surface area contributed by atoms with Gasteiger partial charge >= 0.3 is 0 Å². The highest BCUT2D eigenvalue weighted by Gasteiger charge is 2.18. The van der Waals surface area contributed by atoms with E-state index in [0.29, 0.717) is 16.4 Å². The average Bonchev–Trinajstić information content (AvgIpc) is 2.83. The third-order valence-corrected chi connectivity index (χ3v) is 5.69. The van der Waals surface area contributed by atoms with Gasteiger partial charge in [-0.1, -0.05) is 46.9 Å². The van der Waals surface area contributed by atoms with E-state index in [1.807, 2.05) is 0 Å². The average molecular weight is 512 g/mol. The lowest BCUT2D eigenvalue weighted by atomic mass is 10.1. The van der Waals surface area contributed by atoms with Gasteiger partial charge in [-0.05, 0) is 54.6 Å². The van der Waals surface area contributed by atoms with Crippen molar-refractivity contribution < 1.29 is 9.53 Å². The standard InChI is InChI=1S/C24H13Cl3N4O3/c25-15-7-9-16(10-8-15)34-23-17(24(33)31-11-2-1-6-20(31)30-23)12-14(13-28)22(32)29-19-5-3-4-18(26)21(19)27/h1-12H,(H,29,32)/b14-12-. The lowest BCUT2D eigenvalue weighted by Crippen LogP contribution is -2.20. The summed E-state index contributed by atoms with van der Waals surface area (Å²) in [5.74, 6) is -0.513. The second kappa shape index (κ2) is 9.98. The number of benzene rings is 2. The maximum absolute atomic E-state index is 13.2. The number of rotatable bonds is 5. The van der Waals surface area contributed by atoms with Crippen LogP contribution in [0.4, 0.5) is 5.69 Å². The largest absolute Gasteiger partial charge is 0.438 e. The summed E-state index contributed by atoms with van der Waals surface area (Å²) in [6, 6.07) is 17.9. The predicted molar refractivity (Wildman–Crippen MR) is 132 cm³/mol. The third kappa shape index (κ3) is 4.90. The van der Waals surface area contributed by atoms with Gasteiger partial charge < -0.3 is 10.1 Å². The first-order valence-electron chi connectivity index (χ1n) is 9.69. The number of nitriles is 1. The molecular formula is C24H13Cl3N4O3. The van der Waals surface area contributed by atoms with Crippen LogP contribution in [0.5, 0.6) is 11.6 Å². The minimum atomic E-state index is -0.790. The van der Waals surface area contributed by atoms with Gasteiger partial charge in [-0.15, -0.1) is 0 Å². The number of fused-ring (bicyclic) bond motifs is 1. The Labute approximate surface area is 208 Å². The summed E-state index contributed by atoms with van der Waals surface area (Å²) in [6.45, 7) is 0. The molecule has 0 aliphatic carbocycles. The fraction of sp³-hybridized carbons (Fsp3) is 0. The Bertz CT molecular complexity index is 1540. The van der Waals surface area contributed by atoms with Gasteiger partial charge in [-0.25, -0.2) is 0 Å². The molecule has 10 heteroatoms. The zero-order valence-corrected chi connectivity index (χ0v) is 19.4. The Morgan fingerprint density at radius 2 is 1.82 bits per heavy atom. The molecule has 0 radical (unpaired) electrons. The molecule has 0 saturated heterocycles. The van der Waals surface area contributed by atoms with Gasteiger partial charge in [0.15, 0.2) is 0 Å². The number of nitrogens with zero attached hydrogens (tertiary/aromatic N) is 3. The number of anilines is 1. The summed E-state index contributed by atoms with van der Waals surface area (Å²) in [6.07, 6.45) is 2.64. The Balaban J connectivity index is 1.80. The zero-order chi connectivity index (χ0) is 24.2. The van der Waals surface area contributed by atoms with E-state index in [4.69, 9.17) is 39.5 Å². The number of amides is 1. The Hall–Kier alpha value is -3.83. The van der Waals surface area contributed by atoms with Crippen LogP contribution in [-0.4, -0.2) is 15.3 Å². The highest BCUT2D eigenvalue weighted by Crippen LogP contribution is 2.30. The highest BCUT2D eigenvalue weighted by molar-refractivity contribution is 6.44. The van der Waals surface area contributed by atoms with Crippen LogP contribution in [0.15, 0.2) is 77.2 Å². The minimum absolute atomic E-state index is 0.0835. The molecule has 2 heterocycles. The normalized spacial score (nSPS) is 11.2. The van der Waals surface area contributed by atoms with Crippen LogP contribution in [0, 0.1) is 11.3 Å². The van der Waals surface area contributed by atoms with Crippen LogP contribution in [-0.2, 0) is 4.79 Å². The first kappa shape index (κ1) is 23.3. The van der Waals surface area contributed by atoms with Crippen molar-refractivity contribution in [2.24, 2.45) is 0 Å². The van der Waals surface area contributed by atoms with Crippen molar-refractivity contribution in [1.29, 1.82) is 5.26 Å². The number of carbonyl (C=O) groups is 1. The number of hydrogen-bond donors (Lipinski definition) is 1. The summed E-state index contributed by atoms with van der Waals surface area (Å²) in [5, 5.41) is 13.0. The predicted octanol–water partition coefficient (Wildman–Crippen LogP) is 5.99. The van der Waals surface area contributed by atoms with Gasteiger partial charge in [0.25, 0.3) is 11.5 Å². The summed E-state index contributed by atoms with van der Waals surface area (Å²) >= 11 is 18.0. The SMILES string of the molecule is N#C/C(=C/c1c(Oc2ccc(Cl)cc2)nc2ccccn2c1=O)C(=O)Nc1cccc(Cl)c1Cl. The van der Waals surface area contributed by atoms with E-state index in [9.17, 15) is 14.9 Å². The number of aromatic nitrogens is 2. The van der Waals surface area contributed by atoms with E-state index in [1.54, 1.807) is 60.7 Å². The molecule has 0 atom stereocenters. The molecule has 0 fully saturated rings. The van der Waals surface area contributed by atoms with E-state index in [0.717, 1.165) is 6.08 Å². The molecule has 2 aromatic carbocycles. The molecule has 4 rings (SSSR count). The molecule has 0 spiro atoms. The van der Waals surface area contributed by atoms with E-state index >= 15 is 0 Å². The Kier molecular flexibility index (Phi) is 6.85. The van der Waals surface area contributed by atoms with Crippen LogP contribution in [0.1, 0.15) is 5.56 Å². The van der Waals surface area contributed by atoms with Crippen LogP contribution in [0.2, 0.25) is 15.1 Å². The summed E-state index contributed by atoms with van der Waals surface area (Å²) in [7, 11) is 0. The van der Waals surface area contributed by atoms with Crippen LogP contribution < -0.4 is 15.6 Å². The first-order valence-corrected chi connectivity index (χ1v) is 10.8. The lowest BCUT2D eigenvalue weighted by molar-refractivity contribution is -0.112. The zero-order valence-electron chi connectivity index (χ0n) is 17.1. The second-order valence-electron chi connectivity index (χ2n) is 6.85. The van der Waals surface area contributed by atoms with Crippen molar-refractivity contribution in [3.05, 3.63) is 103 Å². The van der Waals surface area contributed by atoms with E-state index in [1.165, 1.54) is 16.7 Å². The van der Waals surface area contributed by atoms with Crippen LogP contribution >= 0.6 is 34.8 Å². The summed E-state index contributed by atoms with van der Waals surface area (Å²) < 4.78 is 7.10. The number of ether oxygens (including phenoxy) is 1. The Morgan fingerprint density at radius 1 is 1.06 bits per heavy atom. The van der Waals surface area contributed by atoms with Crippen molar-refractivity contribution in [1.82, 2.24) is 9.38 Å². The fourth-order valence-electron chi connectivity index (χ4n) is 2.98. The van der Waals surface area contributed by atoms with Gasteiger partial charge in [0.1, 0.15) is 28.6 Å². The molecule has 168 valence electrons. The monoisotopic (exact) mass is 510 g/mol. The van der Waals surface area contributed by atoms with Crippen LogP contribution in [0.25, 0.3) is 11.7 Å². The van der Waals surface area contributed by atoms with Gasteiger partial charge in [0.05, 0.1) is 15.7 Å². The van der Waals surface area contributed by atoms with Crippen molar-refractivity contribution in [2.45, 2.75) is 0 Å². The molecule has 4 aromatic rings. The number of nitrogens with one attached hydrogen (secondary N) is 1. The van der Waals surface area contributed by atoms with E-state index in [-0.39, 0.29) is 32.7 Å². The molecule has 1 N–H and O–H groups in total. The quantitative estimate of drug-likeness (QED) is 0.262. The van der Waals surface area contributed by atoms with Gasteiger partial charge in [0, 0.05) is 11.2 Å². The summed E-state index contributed by atoms with van der Waals surface area (Å²) in [5.41, 5.74) is -0.459. The maximum Gasteiger partial charge on any atom is 0.269 e. The molecule has 0 aliphatic heterocycles. The maximum atomic E-state index is 13.2. The number of carbonyl (C=O) groups excluding carboxylic acids is 1. The topological polar surface area (TPSA) is 96.5 Å². The number of pyridine rings is 1. The number of halogens is 3. The molecule has 1 amide bonds. The van der Waals surface area contributed by atoms with Crippen molar-refractivity contribution >= 4 is 58.1 Å². The highest BCUT2D eigenvalue weighted by atomic mass is 35.5.